The minimum absolute atomic E-state index is 0.223. The number of H-pyrrole nitrogens is 2. The molecule has 0 atom stereocenters. The van der Waals surface area contributed by atoms with Crippen LogP contribution in [-0.4, -0.2) is 27.1 Å². The van der Waals surface area contributed by atoms with Crippen molar-refractivity contribution in [3.8, 4) is 0 Å². The van der Waals surface area contributed by atoms with E-state index in [1.165, 1.54) is 0 Å². The van der Waals surface area contributed by atoms with E-state index in [-0.39, 0.29) is 5.59 Å². The molecule has 0 radical (unpaired) electrons. The van der Waals surface area contributed by atoms with Gasteiger partial charge in [0.25, 0.3) is 5.56 Å². The van der Waals surface area contributed by atoms with Crippen molar-refractivity contribution in [2.75, 3.05) is 0 Å². The fourth-order valence-corrected chi connectivity index (χ4v) is 0.627. The van der Waals surface area contributed by atoms with Crippen molar-refractivity contribution >= 4 is 12.7 Å². The molecule has 0 unspecified atom stereocenters. The maximum absolute atomic E-state index is 10.5. The molecule has 0 bridgehead atoms. The van der Waals surface area contributed by atoms with Crippen LogP contribution in [0.3, 0.4) is 0 Å². The molecule has 4 N–H and O–H groups in total. The normalized spacial score (nSPS) is 9.64. The number of aromatic nitrogens is 2. The van der Waals surface area contributed by atoms with Gasteiger partial charge in [-0.25, -0.2) is 4.79 Å². The summed E-state index contributed by atoms with van der Waals surface area (Å²) in [5, 5.41) is 17.0. The lowest BCUT2D eigenvalue weighted by Gasteiger charge is -1.94. The molecule has 1 heterocycles. The summed E-state index contributed by atoms with van der Waals surface area (Å²) in [6, 6.07) is 0.895. The molecule has 0 saturated carbocycles. The lowest BCUT2D eigenvalue weighted by molar-refractivity contribution is 0.424. The molecule has 1 aromatic heterocycles. The van der Waals surface area contributed by atoms with Crippen molar-refractivity contribution in [1.82, 2.24) is 9.97 Å². The van der Waals surface area contributed by atoms with Gasteiger partial charge in [0.2, 0.25) is 0 Å². The van der Waals surface area contributed by atoms with Crippen LogP contribution in [0.1, 0.15) is 0 Å². The molecular formula is C4H5BN2O4. The monoisotopic (exact) mass is 156 g/mol. The van der Waals surface area contributed by atoms with Gasteiger partial charge in [0, 0.05) is 6.07 Å². The van der Waals surface area contributed by atoms with Crippen LogP contribution >= 0.6 is 0 Å². The number of nitrogens with one attached hydrogen (secondary N) is 2. The summed E-state index contributed by atoms with van der Waals surface area (Å²) < 4.78 is 0. The predicted octanol–water partition coefficient (Wildman–Crippen LogP) is -3.26. The highest BCUT2D eigenvalue weighted by Gasteiger charge is 2.11. The third kappa shape index (κ3) is 1.79. The molecule has 11 heavy (non-hydrogen) atoms. The first-order chi connectivity index (χ1) is 5.09. The quantitative estimate of drug-likeness (QED) is 0.320. The number of aromatic amines is 2. The van der Waals surface area contributed by atoms with Crippen LogP contribution in [0.15, 0.2) is 15.7 Å². The largest absolute Gasteiger partial charge is 0.506 e. The Morgan fingerprint density at radius 3 is 2.36 bits per heavy atom. The molecule has 0 aliphatic rings. The Kier molecular flexibility index (Phi) is 1.93. The molecule has 1 aromatic rings. The zero-order valence-corrected chi connectivity index (χ0v) is 5.37. The van der Waals surface area contributed by atoms with Gasteiger partial charge in [-0.05, 0) is 0 Å². The van der Waals surface area contributed by atoms with E-state index in [0.29, 0.717) is 0 Å². The van der Waals surface area contributed by atoms with Crippen LogP contribution in [0.5, 0.6) is 0 Å². The van der Waals surface area contributed by atoms with E-state index in [0.717, 1.165) is 6.07 Å². The average molecular weight is 156 g/mol. The molecule has 0 amide bonds. The Balaban J connectivity index is 3.30. The zero-order valence-electron chi connectivity index (χ0n) is 5.37. The summed E-state index contributed by atoms with van der Waals surface area (Å²) in [7, 11) is -1.83. The molecular weight excluding hydrogens is 151 g/mol. The molecule has 0 fully saturated rings. The second-order valence-corrected chi connectivity index (χ2v) is 1.92. The van der Waals surface area contributed by atoms with E-state index < -0.39 is 18.4 Å². The Hall–Kier alpha value is -1.34. The second-order valence-electron chi connectivity index (χ2n) is 1.92. The maximum atomic E-state index is 10.5. The molecule has 0 saturated heterocycles. The van der Waals surface area contributed by atoms with Crippen molar-refractivity contribution in [3.63, 3.8) is 0 Å². The van der Waals surface area contributed by atoms with E-state index in [4.69, 9.17) is 10.0 Å². The third-order valence-electron chi connectivity index (χ3n) is 1.06. The molecule has 0 aliphatic carbocycles. The highest BCUT2D eigenvalue weighted by atomic mass is 16.4. The van der Waals surface area contributed by atoms with Gasteiger partial charge in [-0.2, -0.15) is 0 Å². The molecule has 0 aromatic carbocycles. The van der Waals surface area contributed by atoms with Gasteiger partial charge < -0.3 is 15.0 Å². The van der Waals surface area contributed by atoms with Gasteiger partial charge in [-0.15, -0.1) is 0 Å². The van der Waals surface area contributed by atoms with Gasteiger partial charge in [-0.3, -0.25) is 9.78 Å². The fraction of sp³-hybridized carbons (Fsp3) is 0. The van der Waals surface area contributed by atoms with Crippen LogP contribution in [-0.2, 0) is 0 Å². The van der Waals surface area contributed by atoms with Gasteiger partial charge in [-0.1, -0.05) is 0 Å². The molecule has 6 nitrogen and oxygen atoms in total. The first-order valence-electron chi connectivity index (χ1n) is 2.79. The van der Waals surface area contributed by atoms with Crippen LogP contribution in [0, 0.1) is 0 Å². The van der Waals surface area contributed by atoms with Crippen LogP contribution in [0.2, 0.25) is 0 Å². The summed E-state index contributed by atoms with van der Waals surface area (Å²) in [5.74, 6) is 0. The van der Waals surface area contributed by atoms with E-state index in [9.17, 15) is 9.59 Å². The predicted molar refractivity (Wildman–Crippen MR) is 37.5 cm³/mol. The molecule has 1 rings (SSSR count). The number of rotatable bonds is 1. The van der Waals surface area contributed by atoms with Gasteiger partial charge >= 0.3 is 12.8 Å². The maximum Gasteiger partial charge on any atom is 0.506 e. The summed E-state index contributed by atoms with van der Waals surface area (Å²) in [4.78, 5) is 24.9. The number of hydrogen-bond donors (Lipinski definition) is 4. The number of hydrogen-bond acceptors (Lipinski definition) is 4. The van der Waals surface area contributed by atoms with E-state index in [2.05, 4.69) is 0 Å². The highest BCUT2D eigenvalue weighted by Crippen LogP contribution is 1.63. The Morgan fingerprint density at radius 2 is 1.91 bits per heavy atom. The van der Waals surface area contributed by atoms with Crippen LogP contribution in [0.25, 0.3) is 0 Å². The Labute approximate surface area is 60.7 Å². The molecule has 0 aliphatic heterocycles. The van der Waals surface area contributed by atoms with Crippen molar-refractivity contribution in [3.05, 3.63) is 26.9 Å². The Bertz CT molecular complexity index is 325. The van der Waals surface area contributed by atoms with Crippen molar-refractivity contribution in [2.24, 2.45) is 0 Å². The molecule has 0 spiro atoms. The topological polar surface area (TPSA) is 106 Å². The second kappa shape index (κ2) is 2.73. The van der Waals surface area contributed by atoms with Gasteiger partial charge in [0.15, 0.2) is 0 Å². The summed E-state index contributed by atoms with van der Waals surface area (Å²) in [5.41, 5.74) is -1.66. The van der Waals surface area contributed by atoms with Crippen LogP contribution in [0.4, 0.5) is 0 Å². The fourth-order valence-electron chi connectivity index (χ4n) is 0.627. The van der Waals surface area contributed by atoms with Crippen molar-refractivity contribution in [2.45, 2.75) is 0 Å². The zero-order chi connectivity index (χ0) is 8.43. The lowest BCUT2D eigenvalue weighted by atomic mass is 9.86. The van der Waals surface area contributed by atoms with Gasteiger partial charge in [0.05, 0.1) is 5.59 Å². The summed E-state index contributed by atoms with van der Waals surface area (Å²) >= 11 is 0. The SMILES string of the molecule is O=c1cc(B(O)O)[nH]c(=O)[nH]1. The van der Waals surface area contributed by atoms with E-state index in [1.807, 2.05) is 9.97 Å². The first-order valence-corrected chi connectivity index (χ1v) is 2.79. The minimum Gasteiger partial charge on any atom is -0.422 e. The smallest absolute Gasteiger partial charge is 0.422 e. The molecule has 58 valence electrons. The van der Waals surface area contributed by atoms with E-state index >= 15 is 0 Å². The van der Waals surface area contributed by atoms with E-state index in [1.54, 1.807) is 0 Å². The average Bonchev–Trinajstić information content (AvgIpc) is 1.85. The van der Waals surface area contributed by atoms with Crippen molar-refractivity contribution in [1.29, 1.82) is 0 Å². The van der Waals surface area contributed by atoms with Crippen LogP contribution < -0.4 is 16.8 Å². The first kappa shape index (κ1) is 7.77. The highest BCUT2D eigenvalue weighted by molar-refractivity contribution is 6.57. The summed E-state index contributed by atoms with van der Waals surface area (Å²) in [6.45, 7) is 0. The standard InChI is InChI=1S/C4H5BN2O4/c8-3-1-2(5(10)11)6-4(9)7-3/h1,10-11H,(H2,6,7,8,9). The van der Waals surface area contributed by atoms with Crippen molar-refractivity contribution < 1.29 is 10.0 Å². The van der Waals surface area contributed by atoms with Gasteiger partial charge in [0.1, 0.15) is 0 Å². The lowest BCUT2D eigenvalue weighted by Crippen LogP contribution is -2.41. The minimum atomic E-state index is -1.83. The third-order valence-corrected chi connectivity index (χ3v) is 1.06. The Morgan fingerprint density at radius 1 is 1.27 bits per heavy atom. The summed E-state index contributed by atoms with van der Waals surface area (Å²) in [6.07, 6.45) is 0. The molecule has 7 heteroatoms.